The molecule has 1 fully saturated rings. The van der Waals surface area contributed by atoms with Gasteiger partial charge in [-0.1, -0.05) is 24.3 Å². The van der Waals surface area contributed by atoms with Crippen LogP contribution in [0.25, 0.3) is 11.3 Å². The molecule has 4 nitrogen and oxygen atoms in total. The number of hydrogen-bond acceptors (Lipinski definition) is 4. The SMILES string of the molecule is CN1CCC[C@@H](c2cncc(-c3ccc(CO)cc3)n2)C1. The molecular formula is C17H21N3O. The summed E-state index contributed by atoms with van der Waals surface area (Å²) in [5.74, 6) is 0.480. The third kappa shape index (κ3) is 3.28. The Hall–Kier alpha value is -1.78. The molecule has 4 heteroatoms. The van der Waals surface area contributed by atoms with Crippen molar-refractivity contribution in [1.82, 2.24) is 14.9 Å². The van der Waals surface area contributed by atoms with Crippen molar-refractivity contribution >= 4 is 0 Å². The monoisotopic (exact) mass is 283 g/mol. The van der Waals surface area contributed by atoms with Crippen LogP contribution in [0.1, 0.15) is 30.0 Å². The number of aromatic nitrogens is 2. The van der Waals surface area contributed by atoms with Crippen molar-refractivity contribution in [1.29, 1.82) is 0 Å². The lowest BCUT2D eigenvalue weighted by Crippen LogP contribution is -2.31. The molecule has 0 unspecified atom stereocenters. The third-order valence-corrected chi connectivity index (χ3v) is 4.13. The van der Waals surface area contributed by atoms with Gasteiger partial charge in [-0.15, -0.1) is 0 Å². The van der Waals surface area contributed by atoms with Gasteiger partial charge in [-0.2, -0.15) is 0 Å². The molecule has 1 saturated heterocycles. The molecule has 0 spiro atoms. The average molecular weight is 283 g/mol. The highest BCUT2D eigenvalue weighted by Gasteiger charge is 2.20. The first kappa shape index (κ1) is 14.2. The molecule has 1 N–H and O–H groups in total. The van der Waals surface area contributed by atoms with Gasteiger partial charge in [0, 0.05) is 24.2 Å². The summed E-state index contributed by atoms with van der Waals surface area (Å²) in [5, 5.41) is 9.11. The number of aliphatic hydroxyl groups is 1. The maximum Gasteiger partial charge on any atom is 0.0888 e. The van der Waals surface area contributed by atoms with E-state index in [1.807, 2.05) is 36.7 Å². The highest BCUT2D eigenvalue weighted by molar-refractivity contribution is 5.58. The maximum absolute atomic E-state index is 9.11. The standard InChI is InChI=1S/C17H21N3O/c1-20-8-2-3-15(11-20)17-10-18-9-16(19-17)14-6-4-13(12-21)5-7-14/h4-7,9-10,15,21H,2-3,8,11-12H2,1H3/t15-/m1/s1. The molecule has 1 aromatic carbocycles. The minimum atomic E-state index is 0.0698. The van der Waals surface area contributed by atoms with Crippen molar-refractivity contribution < 1.29 is 5.11 Å². The number of rotatable bonds is 3. The Bertz CT molecular complexity index is 597. The minimum Gasteiger partial charge on any atom is -0.392 e. The summed E-state index contributed by atoms with van der Waals surface area (Å²) < 4.78 is 0. The van der Waals surface area contributed by atoms with Crippen molar-refractivity contribution in [3.63, 3.8) is 0 Å². The van der Waals surface area contributed by atoms with Crippen molar-refractivity contribution in [2.24, 2.45) is 0 Å². The van der Waals surface area contributed by atoms with Gasteiger partial charge in [0.2, 0.25) is 0 Å². The van der Waals surface area contributed by atoms with E-state index in [1.54, 1.807) is 0 Å². The zero-order chi connectivity index (χ0) is 14.7. The maximum atomic E-state index is 9.11. The summed E-state index contributed by atoms with van der Waals surface area (Å²) in [6.07, 6.45) is 6.11. The summed E-state index contributed by atoms with van der Waals surface area (Å²) in [7, 11) is 2.16. The largest absolute Gasteiger partial charge is 0.392 e. The van der Waals surface area contributed by atoms with E-state index in [-0.39, 0.29) is 6.61 Å². The second-order valence-electron chi connectivity index (χ2n) is 5.79. The van der Waals surface area contributed by atoms with Gasteiger partial charge in [0.1, 0.15) is 0 Å². The van der Waals surface area contributed by atoms with E-state index in [0.717, 1.165) is 29.1 Å². The number of piperidine rings is 1. The molecule has 21 heavy (non-hydrogen) atoms. The number of likely N-dealkylation sites (tertiary alicyclic amines) is 1. The van der Waals surface area contributed by atoms with Crippen LogP contribution in [0.4, 0.5) is 0 Å². The normalized spacial score (nSPS) is 19.6. The topological polar surface area (TPSA) is 49.2 Å². The van der Waals surface area contributed by atoms with E-state index >= 15 is 0 Å². The lowest BCUT2D eigenvalue weighted by Gasteiger charge is -2.29. The van der Waals surface area contributed by atoms with Crippen molar-refractivity contribution in [3.05, 3.63) is 47.9 Å². The van der Waals surface area contributed by atoms with Crippen molar-refractivity contribution in [3.8, 4) is 11.3 Å². The third-order valence-electron chi connectivity index (χ3n) is 4.13. The molecule has 110 valence electrons. The summed E-state index contributed by atoms with van der Waals surface area (Å²) in [6, 6.07) is 7.84. The number of benzene rings is 1. The van der Waals surface area contributed by atoms with E-state index in [2.05, 4.69) is 16.9 Å². The highest BCUT2D eigenvalue weighted by Crippen LogP contribution is 2.26. The van der Waals surface area contributed by atoms with Crippen LogP contribution in [0.2, 0.25) is 0 Å². The van der Waals surface area contributed by atoms with Gasteiger partial charge in [0.05, 0.1) is 24.2 Å². The molecule has 1 atom stereocenters. The Balaban J connectivity index is 1.85. The van der Waals surface area contributed by atoms with Crippen LogP contribution < -0.4 is 0 Å². The van der Waals surface area contributed by atoms with E-state index in [0.29, 0.717) is 5.92 Å². The molecule has 0 saturated carbocycles. The van der Waals surface area contributed by atoms with Gasteiger partial charge < -0.3 is 10.0 Å². The molecule has 3 rings (SSSR count). The number of nitrogens with zero attached hydrogens (tertiary/aromatic N) is 3. The lowest BCUT2D eigenvalue weighted by atomic mass is 9.95. The fourth-order valence-corrected chi connectivity index (χ4v) is 2.91. The fourth-order valence-electron chi connectivity index (χ4n) is 2.91. The van der Waals surface area contributed by atoms with Crippen LogP contribution in [0.5, 0.6) is 0 Å². The molecule has 1 aromatic heterocycles. The summed E-state index contributed by atoms with van der Waals surface area (Å²) in [5.41, 5.74) is 3.96. The first-order valence-electron chi connectivity index (χ1n) is 7.47. The number of aliphatic hydroxyl groups excluding tert-OH is 1. The van der Waals surface area contributed by atoms with Gasteiger partial charge in [-0.05, 0) is 32.0 Å². The Kier molecular flexibility index (Phi) is 4.27. The fraction of sp³-hybridized carbons (Fsp3) is 0.412. The molecule has 1 aliphatic heterocycles. The molecule has 1 aliphatic rings. The molecule has 0 radical (unpaired) electrons. The Morgan fingerprint density at radius 3 is 2.76 bits per heavy atom. The smallest absolute Gasteiger partial charge is 0.0888 e. The quantitative estimate of drug-likeness (QED) is 0.940. The van der Waals surface area contributed by atoms with Crippen molar-refractivity contribution in [2.45, 2.75) is 25.4 Å². The van der Waals surface area contributed by atoms with Crippen LogP contribution >= 0.6 is 0 Å². The van der Waals surface area contributed by atoms with Gasteiger partial charge in [0.15, 0.2) is 0 Å². The second-order valence-corrected chi connectivity index (χ2v) is 5.79. The molecule has 2 heterocycles. The van der Waals surface area contributed by atoms with E-state index in [9.17, 15) is 0 Å². The van der Waals surface area contributed by atoms with Crippen LogP contribution in [-0.2, 0) is 6.61 Å². The van der Waals surface area contributed by atoms with E-state index in [4.69, 9.17) is 10.1 Å². The molecule has 2 aromatic rings. The zero-order valence-electron chi connectivity index (χ0n) is 12.4. The predicted molar refractivity (Wildman–Crippen MR) is 82.9 cm³/mol. The van der Waals surface area contributed by atoms with Gasteiger partial charge in [-0.25, -0.2) is 4.98 Å². The van der Waals surface area contributed by atoms with Crippen LogP contribution in [0.3, 0.4) is 0 Å². The second kappa shape index (κ2) is 6.33. The number of likely N-dealkylation sites (N-methyl/N-ethyl adjacent to an activating group) is 1. The molecule has 0 amide bonds. The predicted octanol–water partition coefficient (Wildman–Crippen LogP) is 2.45. The number of hydrogen-bond donors (Lipinski definition) is 1. The molecule has 0 bridgehead atoms. The Morgan fingerprint density at radius 1 is 1.24 bits per heavy atom. The van der Waals surface area contributed by atoms with Crippen LogP contribution in [-0.4, -0.2) is 40.1 Å². The van der Waals surface area contributed by atoms with E-state index in [1.165, 1.54) is 19.4 Å². The lowest BCUT2D eigenvalue weighted by molar-refractivity contribution is 0.248. The first-order valence-corrected chi connectivity index (χ1v) is 7.47. The van der Waals surface area contributed by atoms with Crippen molar-refractivity contribution in [2.75, 3.05) is 20.1 Å². The van der Waals surface area contributed by atoms with Crippen LogP contribution in [0, 0.1) is 0 Å². The molecular weight excluding hydrogens is 262 g/mol. The Morgan fingerprint density at radius 2 is 2.05 bits per heavy atom. The highest BCUT2D eigenvalue weighted by atomic mass is 16.3. The summed E-state index contributed by atoms with van der Waals surface area (Å²) >= 11 is 0. The Labute approximate surface area is 125 Å². The van der Waals surface area contributed by atoms with E-state index < -0.39 is 0 Å². The minimum absolute atomic E-state index is 0.0698. The van der Waals surface area contributed by atoms with Gasteiger partial charge in [-0.3, -0.25) is 4.98 Å². The first-order chi connectivity index (χ1) is 10.3. The average Bonchev–Trinajstić information content (AvgIpc) is 2.55. The van der Waals surface area contributed by atoms with Crippen LogP contribution in [0.15, 0.2) is 36.7 Å². The summed E-state index contributed by atoms with van der Waals surface area (Å²) in [4.78, 5) is 11.5. The summed E-state index contributed by atoms with van der Waals surface area (Å²) in [6.45, 7) is 2.30. The molecule has 0 aliphatic carbocycles. The van der Waals surface area contributed by atoms with Gasteiger partial charge >= 0.3 is 0 Å². The van der Waals surface area contributed by atoms with Gasteiger partial charge in [0.25, 0.3) is 0 Å². The zero-order valence-corrected chi connectivity index (χ0v) is 12.4.